The monoisotopic (exact) mass is 424 g/mol. The van der Waals surface area contributed by atoms with Crippen molar-refractivity contribution in [3.05, 3.63) is 68.4 Å². The molecule has 0 radical (unpaired) electrons. The highest BCUT2D eigenvalue weighted by molar-refractivity contribution is 14.1. The molecule has 0 spiro atoms. The van der Waals surface area contributed by atoms with Gasteiger partial charge < -0.3 is 9.88 Å². The zero-order valence-corrected chi connectivity index (χ0v) is 14.9. The van der Waals surface area contributed by atoms with Crippen molar-refractivity contribution in [3.8, 4) is 0 Å². The zero-order chi connectivity index (χ0) is 15.7. The Kier molecular flexibility index (Phi) is 4.40. The van der Waals surface area contributed by atoms with Crippen LogP contribution in [0.1, 0.15) is 16.1 Å². The van der Waals surface area contributed by atoms with Gasteiger partial charge in [0.2, 0.25) is 0 Å². The molecule has 0 atom stereocenters. The second-order valence-electron chi connectivity index (χ2n) is 5.17. The highest BCUT2D eigenvalue weighted by atomic mass is 127. The number of nitrogens with zero attached hydrogens (tertiary/aromatic N) is 1. The largest absolute Gasteiger partial charge is 0.351 e. The van der Waals surface area contributed by atoms with Gasteiger partial charge in [0.05, 0.1) is 0 Å². The van der Waals surface area contributed by atoms with Gasteiger partial charge in [0.15, 0.2) is 0 Å². The molecule has 3 rings (SSSR count). The minimum atomic E-state index is -0.0352. The standard InChI is InChI=1S/C17H14ClIN2O/c1-21(10-11-4-2-3-5-14(11)19)17(22)16-9-12-8-13(18)6-7-15(12)20-16/h2-9,20H,10H2,1H3. The number of halogens is 2. The highest BCUT2D eigenvalue weighted by Gasteiger charge is 2.15. The Morgan fingerprint density at radius 3 is 2.77 bits per heavy atom. The number of carbonyl (C=O) groups excluding carboxylic acids is 1. The maximum atomic E-state index is 12.6. The number of rotatable bonds is 3. The summed E-state index contributed by atoms with van der Waals surface area (Å²) in [4.78, 5) is 17.4. The minimum absolute atomic E-state index is 0.0352. The van der Waals surface area contributed by atoms with Gasteiger partial charge in [-0.1, -0.05) is 29.8 Å². The van der Waals surface area contributed by atoms with Crippen molar-refractivity contribution in [2.45, 2.75) is 6.54 Å². The summed E-state index contributed by atoms with van der Waals surface area (Å²) in [6.07, 6.45) is 0. The second kappa shape index (κ2) is 6.30. The van der Waals surface area contributed by atoms with Crippen LogP contribution in [0.15, 0.2) is 48.5 Å². The summed E-state index contributed by atoms with van der Waals surface area (Å²) in [6.45, 7) is 0.577. The van der Waals surface area contributed by atoms with Gasteiger partial charge in [0.25, 0.3) is 5.91 Å². The third-order valence-corrected chi connectivity index (χ3v) is 4.81. The lowest BCUT2D eigenvalue weighted by atomic mass is 10.2. The van der Waals surface area contributed by atoms with E-state index in [-0.39, 0.29) is 5.91 Å². The number of H-pyrrole nitrogens is 1. The molecule has 0 saturated carbocycles. The fraction of sp³-hybridized carbons (Fsp3) is 0.118. The van der Waals surface area contributed by atoms with Crippen LogP contribution < -0.4 is 0 Å². The summed E-state index contributed by atoms with van der Waals surface area (Å²) in [5.41, 5.74) is 2.62. The molecule has 0 aliphatic rings. The first-order chi connectivity index (χ1) is 10.5. The SMILES string of the molecule is CN(Cc1ccccc1I)C(=O)c1cc2cc(Cl)ccc2[nH]1. The number of amides is 1. The molecule has 1 N–H and O–H groups in total. The maximum Gasteiger partial charge on any atom is 0.270 e. The highest BCUT2D eigenvalue weighted by Crippen LogP contribution is 2.21. The summed E-state index contributed by atoms with van der Waals surface area (Å²) in [7, 11) is 1.81. The van der Waals surface area contributed by atoms with Gasteiger partial charge in [-0.25, -0.2) is 0 Å². The lowest BCUT2D eigenvalue weighted by Crippen LogP contribution is -2.26. The first-order valence-electron chi connectivity index (χ1n) is 6.82. The predicted molar refractivity (Wildman–Crippen MR) is 98.3 cm³/mol. The molecule has 112 valence electrons. The summed E-state index contributed by atoms with van der Waals surface area (Å²) in [6, 6.07) is 15.4. The van der Waals surface area contributed by atoms with Crippen molar-refractivity contribution in [2.75, 3.05) is 7.05 Å². The van der Waals surface area contributed by atoms with E-state index in [0.29, 0.717) is 17.3 Å². The zero-order valence-electron chi connectivity index (χ0n) is 11.9. The van der Waals surface area contributed by atoms with Crippen molar-refractivity contribution < 1.29 is 4.79 Å². The number of aromatic amines is 1. The molecule has 0 aliphatic carbocycles. The van der Waals surface area contributed by atoms with Crippen LogP contribution in [0.5, 0.6) is 0 Å². The van der Waals surface area contributed by atoms with E-state index in [1.165, 1.54) is 0 Å². The molecule has 0 aliphatic heterocycles. The van der Waals surface area contributed by atoms with Gasteiger partial charge in [0.1, 0.15) is 5.69 Å². The van der Waals surface area contributed by atoms with Crippen molar-refractivity contribution >= 4 is 51.0 Å². The van der Waals surface area contributed by atoms with Crippen LogP contribution in [0, 0.1) is 3.57 Å². The van der Waals surface area contributed by atoms with Crippen molar-refractivity contribution in [1.29, 1.82) is 0 Å². The third kappa shape index (κ3) is 3.13. The molecular formula is C17H14ClIN2O. The van der Waals surface area contributed by atoms with E-state index in [1.54, 1.807) is 4.90 Å². The first-order valence-corrected chi connectivity index (χ1v) is 8.27. The van der Waals surface area contributed by atoms with Gasteiger partial charge in [-0.3, -0.25) is 4.79 Å². The Balaban J connectivity index is 1.84. The average molecular weight is 425 g/mol. The molecule has 3 aromatic rings. The molecule has 1 heterocycles. The summed E-state index contributed by atoms with van der Waals surface area (Å²) < 4.78 is 1.16. The average Bonchev–Trinajstić information content (AvgIpc) is 2.91. The third-order valence-electron chi connectivity index (χ3n) is 3.53. The Labute approximate surface area is 147 Å². The number of nitrogens with one attached hydrogen (secondary N) is 1. The smallest absolute Gasteiger partial charge is 0.270 e. The molecule has 2 aromatic carbocycles. The van der Waals surface area contributed by atoms with E-state index in [1.807, 2.05) is 55.6 Å². The lowest BCUT2D eigenvalue weighted by Gasteiger charge is -2.17. The second-order valence-corrected chi connectivity index (χ2v) is 6.77. The van der Waals surface area contributed by atoms with Crippen LogP contribution in [0.3, 0.4) is 0 Å². The van der Waals surface area contributed by atoms with E-state index >= 15 is 0 Å². The normalized spacial score (nSPS) is 10.9. The Morgan fingerprint density at radius 2 is 2.00 bits per heavy atom. The molecule has 5 heteroatoms. The topological polar surface area (TPSA) is 36.1 Å². The maximum absolute atomic E-state index is 12.6. The van der Waals surface area contributed by atoms with E-state index < -0.39 is 0 Å². The number of aromatic nitrogens is 1. The van der Waals surface area contributed by atoms with E-state index in [0.717, 1.165) is 20.0 Å². The predicted octanol–water partition coefficient (Wildman–Crippen LogP) is 4.70. The Hall–Kier alpha value is -1.53. The van der Waals surface area contributed by atoms with Crippen LogP contribution in [-0.4, -0.2) is 22.8 Å². The Bertz CT molecular complexity index is 844. The van der Waals surface area contributed by atoms with Crippen LogP contribution in [-0.2, 0) is 6.54 Å². The van der Waals surface area contributed by atoms with Gasteiger partial charge in [-0.15, -0.1) is 0 Å². The first kappa shape index (κ1) is 15.4. The summed E-state index contributed by atoms with van der Waals surface area (Å²) >= 11 is 8.27. The number of fused-ring (bicyclic) bond motifs is 1. The number of carbonyl (C=O) groups is 1. The van der Waals surface area contributed by atoms with E-state index in [4.69, 9.17) is 11.6 Å². The van der Waals surface area contributed by atoms with Crippen LogP contribution in [0.25, 0.3) is 10.9 Å². The number of hydrogen-bond acceptors (Lipinski definition) is 1. The van der Waals surface area contributed by atoms with Crippen molar-refractivity contribution in [3.63, 3.8) is 0 Å². The van der Waals surface area contributed by atoms with Gasteiger partial charge in [-0.05, 0) is 58.5 Å². The Morgan fingerprint density at radius 1 is 1.23 bits per heavy atom. The van der Waals surface area contributed by atoms with Crippen molar-refractivity contribution in [1.82, 2.24) is 9.88 Å². The fourth-order valence-corrected chi connectivity index (χ4v) is 3.12. The molecule has 1 amide bonds. The summed E-state index contributed by atoms with van der Waals surface area (Å²) in [5, 5.41) is 1.61. The van der Waals surface area contributed by atoms with E-state index in [9.17, 15) is 4.79 Å². The quantitative estimate of drug-likeness (QED) is 0.608. The molecule has 0 unspecified atom stereocenters. The molecule has 22 heavy (non-hydrogen) atoms. The van der Waals surface area contributed by atoms with Gasteiger partial charge in [-0.2, -0.15) is 0 Å². The van der Waals surface area contributed by atoms with Crippen LogP contribution in [0.2, 0.25) is 5.02 Å². The van der Waals surface area contributed by atoms with E-state index in [2.05, 4.69) is 27.6 Å². The van der Waals surface area contributed by atoms with Crippen molar-refractivity contribution in [2.24, 2.45) is 0 Å². The molecule has 0 fully saturated rings. The molecule has 0 bridgehead atoms. The van der Waals surface area contributed by atoms with Gasteiger partial charge in [0, 0.05) is 33.1 Å². The van der Waals surface area contributed by atoms with Crippen LogP contribution >= 0.6 is 34.2 Å². The van der Waals surface area contributed by atoms with Gasteiger partial charge >= 0.3 is 0 Å². The molecular weight excluding hydrogens is 411 g/mol. The van der Waals surface area contributed by atoms with Crippen LogP contribution in [0.4, 0.5) is 0 Å². The molecule has 3 nitrogen and oxygen atoms in total. The molecule has 1 aromatic heterocycles. The number of benzene rings is 2. The molecule has 0 saturated heterocycles. The number of hydrogen-bond donors (Lipinski definition) is 1. The minimum Gasteiger partial charge on any atom is -0.351 e. The fourth-order valence-electron chi connectivity index (χ4n) is 2.38. The summed E-state index contributed by atoms with van der Waals surface area (Å²) in [5.74, 6) is -0.0352. The lowest BCUT2D eigenvalue weighted by molar-refractivity contribution is 0.0780.